The molecule has 0 saturated carbocycles. The smallest absolute Gasteiger partial charge is 0.238 e. The summed E-state index contributed by atoms with van der Waals surface area (Å²) in [7, 11) is 0. The van der Waals surface area contributed by atoms with Crippen molar-refractivity contribution in [3.63, 3.8) is 0 Å². The van der Waals surface area contributed by atoms with Gasteiger partial charge in [-0.05, 0) is 37.0 Å². The van der Waals surface area contributed by atoms with Crippen LogP contribution >= 0.6 is 0 Å². The van der Waals surface area contributed by atoms with Crippen molar-refractivity contribution < 1.29 is 14.3 Å². The molecular formula is C25H26N8O3. The van der Waals surface area contributed by atoms with E-state index in [1.165, 1.54) is 0 Å². The molecule has 2 aliphatic heterocycles. The number of hydrogen-bond acceptors (Lipinski definition) is 8. The number of imidazole rings is 2. The third-order valence-electron chi connectivity index (χ3n) is 6.46. The fraction of sp³-hybridized carbons (Fsp3) is 0.320. The quantitative estimate of drug-likeness (QED) is 0.424. The van der Waals surface area contributed by atoms with E-state index in [2.05, 4.69) is 20.2 Å². The lowest BCUT2D eigenvalue weighted by molar-refractivity contribution is -0.121. The maximum atomic E-state index is 13.0. The van der Waals surface area contributed by atoms with Gasteiger partial charge in [-0.1, -0.05) is 6.07 Å². The molecule has 1 fully saturated rings. The minimum absolute atomic E-state index is 0.00305. The number of benzene rings is 1. The van der Waals surface area contributed by atoms with Crippen molar-refractivity contribution in [2.24, 2.45) is 0 Å². The second kappa shape index (κ2) is 9.68. The van der Waals surface area contributed by atoms with E-state index in [1.54, 1.807) is 29.6 Å². The van der Waals surface area contributed by atoms with Crippen LogP contribution in [0.5, 0.6) is 11.5 Å². The van der Waals surface area contributed by atoms with Crippen molar-refractivity contribution in [1.82, 2.24) is 34.4 Å². The van der Waals surface area contributed by atoms with E-state index >= 15 is 0 Å². The number of fused-ring (bicyclic) bond motifs is 1. The van der Waals surface area contributed by atoms with Crippen molar-refractivity contribution in [2.75, 3.05) is 18.2 Å². The summed E-state index contributed by atoms with van der Waals surface area (Å²) >= 11 is 0. The number of carbonyl (C=O) groups is 1. The highest BCUT2D eigenvalue weighted by atomic mass is 16.7. The fourth-order valence-electron chi connectivity index (χ4n) is 4.63. The number of aromatic nitrogens is 6. The number of nitrogens with zero attached hydrogens (tertiary/aromatic N) is 7. The number of amides is 1. The van der Waals surface area contributed by atoms with Crippen LogP contribution in [0.1, 0.15) is 31.2 Å². The Balaban J connectivity index is 1.20. The zero-order valence-corrected chi connectivity index (χ0v) is 19.7. The maximum Gasteiger partial charge on any atom is 0.238 e. The summed E-state index contributed by atoms with van der Waals surface area (Å²) in [5.74, 6) is 3.46. The molecule has 0 spiro atoms. The number of ether oxygens (including phenoxy) is 2. The minimum atomic E-state index is 0.00305. The predicted octanol–water partition coefficient (Wildman–Crippen LogP) is 2.64. The van der Waals surface area contributed by atoms with Gasteiger partial charge in [-0.2, -0.15) is 9.97 Å². The lowest BCUT2D eigenvalue weighted by Crippen LogP contribution is -2.43. The van der Waals surface area contributed by atoms with Gasteiger partial charge in [0.05, 0.1) is 0 Å². The Bertz CT molecular complexity index is 1290. The van der Waals surface area contributed by atoms with Crippen LogP contribution in [0.2, 0.25) is 0 Å². The first-order chi connectivity index (χ1) is 17.7. The van der Waals surface area contributed by atoms with Gasteiger partial charge in [-0.25, -0.2) is 9.97 Å². The van der Waals surface area contributed by atoms with Crippen LogP contribution in [-0.2, 0) is 11.3 Å². The summed E-state index contributed by atoms with van der Waals surface area (Å²) in [5, 5.41) is 3.06. The molecule has 2 aliphatic rings. The lowest BCUT2D eigenvalue weighted by atomic mass is 9.99. The van der Waals surface area contributed by atoms with Crippen molar-refractivity contribution in [2.45, 2.75) is 38.3 Å². The van der Waals surface area contributed by atoms with Crippen molar-refractivity contribution in [3.05, 3.63) is 67.3 Å². The highest BCUT2D eigenvalue weighted by Gasteiger charge is 2.27. The molecule has 1 atom stereocenters. The molecule has 4 aromatic rings. The molecule has 0 radical (unpaired) electrons. The Morgan fingerprint density at radius 1 is 0.972 bits per heavy atom. The zero-order chi connectivity index (χ0) is 24.3. The van der Waals surface area contributed by atoms with Gasteiger partial charge in [0.15, 0.2) is 11.5 Å². The number of nitrogens with one attached hydrogen (secondary N) is 1. The summed E-state index contributed by atoms with van der Waals surface area (Å²) in [6.07, 6.45) is 13.9. The first kappa shape index (κ1) is 22.1. The number of piperidine rings is 1. The van der Waals surface area contributed by atoms with Gasteiger partial charge in [0.25, 0.3) is 0 Å². The van der Waals surface area contributed by atoms with Gasteiger partial charge >= 0.3 is 0 Å². The van der Waals surface area contributed by atoms with Crippen molar-refractivity contribution in [3.8, 4) is 23.3 Å². The van der Waals surface area contributed by atoms with E-state index < -0.39 is 0 Å². The van der Waals surface area contributed by atoms with Crippen LogP contribution < -0.4 is 19.7 Å². The average molecular weight is 487 g/mol. The monoisotopic (exact) mass is 486 g/mol. The number of carbonyl (C=O) groups excluding carboxylic acids is 1. The average Bonchev–Trinajstić information content (AvgIpc) is 3.70. The Hall–Kier alpha value is -4.41. The normalized spacial score (nSPS) is 16.8. The molecule has 1 saturated heterocycles. The van der Waals surface area contributed by atoms with E-state index in [4.69, 9.17) is 19.4 Å². The Morgan fingerprint density at radius 2 is 1.78 bits per heavy atom. The molecule has 0 aliphatic carbocycles. The molecule has 6 rings (SSSR count). The minimum Gasteiger partial charge on any atom is -0.454 e. The van der Waals surface area contributed by atoms with Crippen LogP contribution in [0, 0.1) is 0 Å². The van der Waals surface area contributed by atoms with Crippen LogP contribution in [0.25, 0.3) is 11.8 Å². The molecule has 36 heavy (non-hydrogen) atoms. The van der Waals surface area contributed by atoms with Gasteiger partial charge in [0.1, 0.15) is 24.3 Å². The molecule has 184 valence electrons. The second-order valence-corrected chi connectivity index (χ2v) is 8.84. The van der Waals surface area contributed by atoms with Gasteiger partial charge in [-0.15, -0.1) is 0 Å². The molecule has 5 heterocycles. The fourth-order valence-corrected chi connectivity index (χ4v) is 4.63. The van der Waals surface area contributed by atoms with Gasteiger partial charge in [0.2, 0.25) is 18.6 Å². The van der Waals surface area contributed by atoms with Crippen LogP contribution in [0.3, 0.4) is 0 Å². The third kappa shape index (κ3) is 4.59. The van der Waals surface area contributed by atoms with E-state index in [0.717, 1.165) is 42.9 Å². The number of rotatable bonds is 7. The SMILES string of the molecule is O=C(CC1CCCCN1c1cc(-n2ccnc2)nc(-n2ccnc2)n1)NCc1ccc2c(c1)OCO2. The molecule has 1 unspecified atom stereocenters. The molecule has 0 bridgehead atoms. The molecule has 3 aromatic heterocycles. The van der Waals surface area contributed by atoms with E-state index in [9.17, 15) is 4.79 Å². The van der Waals surface area contributed by atoms with Crippen LogP contribution in [0.4, 0.5) is 5.82 Å². The molecular weight excluding hydrogens is 460 g/mol. The molecule has 11 heteroatoms. The third-order valence-corrected chi connectivity index (χ3v) is 6.46. The highest BCUT2D eigenvalue weighted by molar-refractivity contribution is 5.77. The first-order valence-corrected chi connectivity index (χ1v) is 12.0. The van der Waals surface area contributed by atoms with E-state index in [1.807, 2.05) is 41.2 Å². The van der Waals surface area contributed by atoms with Crippen LogP contribution in [-0.4, -0.2) is 54.4 Å². The standard InChI is InChI=1S/C25H26N8O3/c34-24(28-14-18-4-5-20-21(11-18)36-17-35-20)12-19-3-1-2-8-33(19)23-13-22(31-9-6-26-15-31)29-25(30-23)32-10-7-27-16-32/h4-7,9-11,13,15-16,19H,1-3,8,12,14,17H2,(H,28,34). The summed E-state index contributed by atoms with van der Waals surface area (Å²) < 4.78 is 14.4. The largest absolute Gasteiger partial charge is 0.454 e. The topological polar surface area (TPSA) is 112 Å². The lowest BCUT2D eigenvalue weighted by Gasteiger charge is -2.36. The van der Waals surface area contributed by atoms with Crippen molar-refractivity contribution >= 4 is 11.7 Å². The number of anilines is 1. The van der Waals surface area contributed by atoms with Crippen LogP contribution in [0.15, 0.2) is 61.7 Å². The predicted molar refractivity (Wildman–Crippen MR) is 130 cm³/mol. The maximum absolute atomic E-state index is 13.0. The Morgan fingerprint density at radius 3 is 2.61 bits per heavy atom. The Labute approximate surface area is 207 Å². The zero-order valence-electron chi connectivity index (χ0n) is 19.7. The molecule has 1 N–H and O–H groups in total. The molecule has 11 nitrogen and oxygen atoms in total. The highest BCUT2D eigenvalue weighted by Crippen LogP contribution is 2.32. The molecule has 1 amide bonds. The first-order valence-electron chi connectivity index (χ1n) is 12.0. The summed E-state index contributed by atoms with van der Waals surface area (Å²) in [6.45, 7) is 1.49. The van der Waals surface area contributed by atoms with E-state index in [0.29, 0.717) is 30.5 Å². The van der Waals surface area contributed by atoms with Gasteiger partial charge in [-0.3, -0.25) is 13.9 Å². The van der Waals surface area contributed by atoms with E-state index in [-0.39, 0.29) is 18.7 Å². The van der Waals surface area contributed by atoms with Crippen molar-refractivity contribution in [1.29, 1.82) is 0 Å². The summed E-state index contributed by atoms with van der Waals surface area (Å²) in [4.78, 5) is 33.0. The van der Waals surface area contributed by atoms with Gasteiger partial charge in [0, 0.05) is 56.4 Å². The number of hydrogen-bond donors (Lipinski definition) is 1. The Kier molecular flexibility index (Phi) is 5.94. The summed E-state index contributed by atoms with van der Waals surface area (Å²) in [6, 6.07) is 7.71. The molecule has 1 aromatic carbocycles. The second-order valence-electron chi connectivity index (χ2n) is 8.84. The van der Waals surface area contributed by atoms with Gasteiger partial charge < -0.3 is 19.7 Å². The summed E-state index contributed by atoms with van der Waals surface area (Å²) in [5.41, 5.74) is 0.971.